The van der Waals surface area contributed by atoms with E-state index >= 15 is 0 Å². The van der Waals surface area contributed by atoms with Crippen LogP contribution in [0.4, 0.5) is 5.69 Å². The Balaban J connectivity index is 1.97. The van der Waals surface area contributed by atoms with Crippen LogP contribution in [0.3, 0.4) is 0 Å². The Morgan fingerprint density at radius 2 is 1.95 bits per heavy atom. The minimum absolute atomic E-state index is 0.130. The lowest BCUT2D eigenvalue weighted by molar-refractivity contribution is -0.116. The van der Waals surface area contributed by atoms with Crippen molar-refractivity contribution in [2.45, 2.75) is 19.8 Å². The van der Waals surface area contributed by atoms with Crippen molar-refractivity contribution < 1.29 is 4.79 Å². The molecule has 0 radical (unpaired) electrons. The molecule has 0 aromatic heterocycles. The van der Waals surface area contributed by atoms with Gasteiger partial charge < -0.3 is 5.32 Å². The first-order valence-corrected chi connectivity index (χ1v) is 7.01. The number of carbonyl (C=O) groups excluding carboxylic acids is 1. The molecule has 2 aromatic carbocycles. The lowest BCUT2D eigenvalue weighted by atomic mass is 10.1. The molecule has 2 rings (SSSR count). The average molecular weight is 299 g/mol. The van der Waals surface area contributed by atoms with Crippen molar-refractivity contribution in [3.63, 3.8) is 0 Å². The molecule has 0 aliphatic rings. The van der Waals surface area contributed by atoms with Crippen molar-refractivity contribution in [1.82, 2.24) is 0 Å². The summed E-state index contributed by atoms with van der Waals surface area (Å²) in [5.41, 5.74) is 3.17. The molecule has 0 aliphatic heterocycles. The number of nitrogens with one attached hydrogen (secondary N) is 1. The molecule has 2 aromatic rings. The second-order valence-corrected chi connectivity index (χ2v) is 5.27. The topological polar surface area (TPSA) is 52.9 Å². The second-order valence-electron chi connectivity index (χ2n) is 4.84. The van der Waals surface area contributed by atoms with Crippen molar-refractivity contribution >= 4 is 23.2 Å². The minimum Gasteiger partial charge on any atom is -0.325 e. The summed E-state index contributed by atoms with van der Waals surface area (Å²) in [7, 11) is 0. The highest BCUT2D eigenvalue weighted by Crippen LogP contribution is 2.20. The zero-order valence-corrected chi connectivity index (χ0v) is 12.4. The van der Waals surface area contributed by atoms with Crippen LogP contribution in [-0.2, 0) is 11.2 Å². The van der Waals surface area contributed by atoms with E-state index in [1.54, 1.807) is 18.2 Å². The number of benzene rings is 2. The maximum Gasteiger partial charge on any atom is 0.224 e. The SMILES string of the molecule is Cc1ccc(CCC(=O)Nc2cc(Cl)ccc2C#N)cc1. The number of nitriles is 1. The third-order valence-corrected chi connectivity index (χ3v) is 3.37. The van der Waals surface area contributed by atoms with Crippen LogP contribution in [0.25, 0.3) is 0 Å². The van der Waals surface area contributed by atoms with Crippen molar-refractivity contribution in [3.05, 3.63) is 64.2 Å². The van der Waals surface area contributed by atoms with E-state index in [9.17, 15) is 4.79 Å². The molecule has 1 N–H and O–H groups in total. The highest BCUT2D eigenvalue weighted by molar-refractivity contribution is 6.31. The number of anilines is 1. The molecule has 0 atom stereocenters. The van der Waals surface area contributed by atoms with Crippen LogP contribution in [0.2, 0.25) is 5.02 Å². The van der Waals surface area contributed by atoms with Crippen LogP contribution >= 0.6 is 11.6 Å². The fourth-order valence-corrected chi connectivity index (χ4v) is 2.11. The molecule has 3 nitrogen and oxygen atoms in total. The van der Waals surface area contributed by atoms with Gasteiger partial charge in [0.05, 0.1) is 11.3 Å². The molecule has 0 saturated carbocycles. The quantitative estimate of drug-likeness (QED) is 0.924. The number of carbonyl (C=O) groups is 1. The predicted octanol–water partition coefficient (Wildman–Crippen LogP) is 4.09. The summed E-state index contributed by atoms with van der Waals surface area (Å²) in [4.78, 5) is 12.0. The van der Waals surface area contributed by atoms with Gasteiger partial charge in [-0.1, -0.05) is 41.4 Å². The molecule has 0 heterocycles. The lowest BCUT2D eigenvalue weighted by Crippen LogP contribution is -2.13. The van der Waals surface area contributed by atoms with Gasteiger partial charge >= 0.3 is 0 Å². The summed E-state index contributed by atoms with van der Waals surface area (Å²) in [5, 5.41) is 12.2. The Bertz CT molecular complexity index is 687. The van der Waals surface area contributed by atoms with Gasteiger partial charge in [-0.15, -0.1) is 0 Å². The van der Waals surface area contributed by atoms with E-state index in [1.165, 1.54) is 5.56 Å². The van der Waals surface area contributed by atoms with Crippen LogP contribution in [0.5, 0.6) is 0 Å². The monoisotopic (exact) mass is 298 g/mol. The van der Waals surface area contributed by atoms with Gasteiger partial charge in [-0.25, -0.2) is 0 Å². The first-order chi connectivity index (χ1) is 10.1. The maximum atomic E-state index is 12.0. The van der Waals surface area contributed by atoms with Crippen LogP contribution < -0.4 is 5.32 Å². The number of aryl methyl sites for hydroxylation is 2. The summed E-state index contributed by atoms with van der Waals surface area (Å²) in [6.45, 7) is 2.03. The van der Waals surface area contributed by atoms with Gasteiger partial charge in [0.2, 0.25) is 5.91 Å². The van der Waals surface area contributed by atoms with E-state index in [0.717, 1.165) is 5.56 Å². The Kier molecular flexibility index (Phi) is 4.97. The lowest BCUT2D eigenvalue weighted by Gasteiger charge is -2.07. The van der Waals surface area contributed by atoms with E-state index < -0.39 is 0 Å². The number of halogens is 1. The van der Waals surface area contributed by atoms with Gasteiger partial charge in [0.1, 0.15) is 6.07 Å². The van der Waals surface area contributed by atoms with E-state index in [4.69, 9.17) is 16.9 Å². The minimum atomic E-state index is -0.130. The Morgan fingerprint density at radius 3 is 2.62 bits per heavy atom. The van der Waals surface area contributed by atoms with Crippen LogP contribution in [0.1, 0.15) is 23.1 Å². The van der Waals surface area contributed by atoms with Crippen LogP contribution in [0.15, 0.2) is 42.5 Å². The molecule has 1 amide bonds. The third kappa shape index (κ3) is 4.34. The molecule has 0 saturated heterocycles. The molecule has 0 fully saturated rings. The zero-order chi connectivity index (χ0) is 15.2. The first-order valence-electron chi connectivity index (χ1n) is 6.63. The van der Waals surface area contributed by atoms with E-state index in [1.807, 2.05) is 37.3 Å². The molecule has 4 heteroatoms. The number of hydrogen-bond donors (Lipinski definition) is 1. The van der Waals surface area contributed by atoms with Crippen molar-refractivity contribution in [2.75, 3.05) is 5.32 Å². The third-order valence-electron chi connectivity index (χ3n) is 3.14. The van der Waals surface area contributed by atoms with Crippen molar-refractivity contribution in [1.29, 1.82) is 5.26 Å². The Labute approximate surface area is 129 Å². The second kappa shape index (κ2) is 6.92. The number of rotatable bonds is 4. The molecule has 21 heavy (non-hydrogen) atoms. The molecular weight excluding hydrogens is 284 g/mol. The maximum absolute atomic E-state index is 12.0. The van der Waals surface area contributed by atoms with Crippen molar-refractivity contribution in [3.8, 4) is 6.07 Å². The summed E-state index contributed by atoms with van der Waals surface area (Å²) < 4.78 is 0. The first kappa shape index (κ1) is 15.1. The van der Waals surface area contributed by atoms with Crippen LogP contribution in [-0.4, -0.2) is 5.91 Å². The normalized spacial score (nSPS) is 9.95. The molecule has 0 spiro atoms. The standard InChI is InChI=1S/C17H15ClN2O/c1-12-2-4-13(5-3-12)6-9-17(21)20-16-10-15(18)8-7-14(16)11-19/h2-5,7-8,10H,6,9H2,1H3,(H,20,21). The smallest absolute Gasteiger partial charge is 0.224 e. The summed E-state index contributed by atoms with van der Waals surface area (Å²) in [6.07, 6.45) is 1.02. The van der Waals surface area contributed by atoms with Gasteiger partial charge in [0.15, 0.2) is 0 Å². The van der Waals surface area contributed by atoms with E-state index in [2.05, 4.69) is 5.32 Å². The van der Waals surface area contributed by atoms with Gasteiger partial charge in [-0.3, -0.25) is 4.79 Å². The number of nitrogens with zero attached hydrogens (tertiary/aromatic N) is 1. The number of amides is 1. The molecule has 106 valence electrons. The highest BCUT2D eigenvalue weighted by atomic mass is 35.5. The van der Waals surface area contributed by atoms with Crippen LogP contribution in [0, 0.1) is 18.3 Å². The Hall–Kier alpha value is -2.31. The van der Waals surface area contributed by atoms with E-state index in [0.29, 0.717) is 29.1 Å². The average Bonchev–Trinajstić information content (AvgIpc) is 2.47. The zero-order valence-electron chi connectivity index (χ0n) is 11.7. The molecule has 0 aliphatic carbocycles. The molecule has 0 unspecified atom stereocenters. The van der Waals surface area contributed by atoms with Gasteiger partial charge in [0, 0.05) is 11.4 Å². The largest absolute Gasteiger partial charge is 0.325 e. The molecular formula is C17H15ClN2O. The van der Waals surface area contributed by atoms with Gasteiger partial charge in [-0.2, -0.15) is 5.26 Å². The summed E-state index contributed by atoms with van der Waals surface area (Å²) in [5.74, 6) is -0.130. The summed E-state index contributed by atoms with van der Waals surface area (Å²) in [6, 6.07) is 14.9. The van der Waals surface area contributed by atoms with Gasteiger partial charge in [-0.05, 0) is 37.1 Å². The van der Waals surface area contributed by atoms with Gasteiger partial charge in [0.25, 0.3) is 0 Å². The fourth-order valence-electron chi connectivity index (χ4n) is 1.94. The van der Waals surface area contributed by atoms with Crippen molar-refractivity contribution in [2.24, 2.45) is 0 Å². The van der Waals surface area contributed by atoms with E-state index in [-0.39, 0.29) is 5.91 Å². The Morgan fingerprint density at radius 1 is 1.24 bits per heavy atom. The summed E-state index contributed by atoms with van der Waals surface area (Å²) >= 11 is 5.88. The fraction of sp³-hybridized carbons (Fsp3) is 0.176. The number of hydrogen-bond acceptors (Lipinski definition) is 2. The molecule has 0 bridgehead atoms. The highest BCUT2D eigenvalue weighted by Gasteiger charge is 2.08. The predicted molar refractivity (Wildman–Crippen MR) is 84.3 cm³/mol.